The molecule has 1 saturated carbocycles. The highest BCUT2D eigenvalue weighted by Gasteiger charge is 2.56. The van der Waals surface area contributed by atoms with Crippen molar-refractivity contribution in [3.05, 3.63) is 93.2 Å². The van der Waals surface area contributed by atoms with Crippen molar-refractivity contribution in [3.8, 4) is 11.8 Å². The van der Waals surface area contributed by atoms with Crippen LogP contribution in [0.1, 0.15) is 76.6 Å². The van der Waals surface area contributed by atoms with Gasteiger partial charge in [0.2, 0.25) is 5.91 Å². The summed E-state index contributed by atoms with van der Waals surface area (Å²) in [4.78, 5) is 42.2. The number of amides is 2. The number of fused-ring (bicyclic) bond motifs is 2. The van der Waals surface area contributed by atoms with Crippen molar-refractivity contribution in [1.29, 1.82) is 0 Å². The van der Waals surface area contributed by atoms with Crippen molar-refractivity contribution in [2.75, 3.05) is 17.7 Å². The summed E-state index contributed by atoms with van der Waals surface area (Å²) in [5.74, 6) is 4.69. The quantitative estimate of drug-likeness (QED) is 0.219. The molecule has 1 fully saturated rings. The Hall–Kier alpha value is -4.84. The van der Waals surface area contributed by atoms with Crippen LogP contribution < -0.4 is 16.0 Å². The lowest BCUT2D eigenvalue weighted by atomic mass is 9.64. The van der Waals surface area contributed by atoms with Gasteiger partial charge >= 0.3 is 5.97 Å². The summed E-state index contributed by atoms with van der Waals surface area (Å²) in [7, 11) is 1.38. The number of allylic oxidation sites excluding steroid dienone is 1. The normalized spacial score (nSPS) is 20.1. The number of carbonyl (C=O) groups is 3. The third-order valence-electron chi connectivity index (χ3n) is 8.39. The molecule has 3 atom stereocenters. The lowest BCUT2D eigenvalue weighted by molar-refractivity contribution is -0.139. The zero-order valence-electron chi connectivity index (χ0n) is 23.8. The molecule has 8 nitrogen and oxygen atoms in total. The van der Waals surface area contributed by atoms with Gasteiger partial charge in [0.1, 0.15) is 5.82 Å². The average molecular weight is 567 g/mol. The van der Waals surface area contributed by atoms with Gasteiger partial charge in [-0.05, 0) is 80.6 Å². The number of carbonyl (C=O) groups excluding carboxylic acids is 3. The Morgan fingerprint density at radius 1 is 1.17 bits per heavy atom. The van der Waals surface area contributed by atoms with Gasteiger partial charge in [0.05, 0.1) is 31.2 Å². The van der Waals surface area contributed by atoms with Gasteiger partial charge in [0.15, 0.2) is 5.41 Å². The number of aromatic nitrogens is 1. The first-order valence-corrected chi connectivity index (χ1v) is 13.9. The van der Waals surface area contributed by atoms with E-state index < -0.39 is 11.3 Å². The minimum Gasteiger partial charge on any atom is -0.469 e. The lowest BCUT2D eigenvalue weighted by Crippen LogP contribution is -2.44. The molecule has 0 saturated heterocycles. The number of methoxy groups -OCH3 is 1. The summed E-state index contributed by atoms with van der Waals surface area (Å²) >= 11 is 0. The molecular formula is C33H31FN4O4. The highest BCUT2D eigenvalue weighted by Crippen LogP contribution is 2.52. The largest absolute Gasteiger partial charge is 0.469 e. The Morgan fingerprint density at radius 3 is 2.55 bits per heavy atom. The van der Waals surface area contributed by atoms with Crippen molar-refractivity contribution in [2.24, 2.45) is 0 Å². The zero-order valence-corrected chi connectivity index (χ0v) is 23.8. The Bertz CT molecular complexity index is 1740. The fraction of sp³-hybridized carbons (Fsp3) is 0.303. The van der Waals surface area contributed by atoms with Crippen molar-refractivity contribution in [3.63, 3.8) is 0 Å². The number of hydrogen-bond acceptors (Lipinski definition) is 5. The van der Waals surface area contributed by atoms with E-state index in [9.17, 15) is 18.8 Å². The molecule has 6 rings (SSSR count). The smallest absolute Gasteiger partial charge is 0.311 e. The third-order valence-corrected chi connectivity index (χ3v) is 8.39. The average Bonchev–Trinajstić information content (AvgIpc) is 3.71. The summed E-state index contributed by atoms with van der Waals surface area (Å²) in [6.07, 6.45) is 2.06. The molecule has 3 aliphatic rings. The molecular weight excluding hydrogens is 535 g/mol. The predicted molar refractivity (Wildman–Crippen MR) is 156 cm³/mol. The van der Waals surface area contributed by atoms with E-state index in [4.69, 9.17) is 4.74 Å². The standard InChI is InChI=1S/C33H31FN4O4/c1-17-29(37-27(21-5-6-21)16-28(39)42-4)19(3)35-30(17)24-13-14-33(24)25-15-22(9-12-26(25)38-32(33)41)31(40)36-18(2)20-7-10-23(34)11-8-20/h7-12,15,18,24,35,37H,5-6,16H2,1-4H3,(H,36,40)(H,38,41). The van der Waals surface area contributed by atoms with Crippen LogP contribution >= 0.6 is 0 Å². The van der Waals surface area contributed by atoms with E-state index in [0.29, 0.717) is 16.8 Å². The number of esters is 1. The number of halogens is 1. The summed E-state index contributed by atoms with van der Waals surface area (Å²) in [6.45, 7) is 5.74. The molecule has 3 aromatic rings. The van der Waals surface area contributed by atoms with Crippen molar-refractivity contribution in [2.45, 2.75) is 57.4 Å². The number of aromatic amines is 1. The van der Waals surface area contributed by atoms with Crippen LogP contribution in [0.5, 0.6) is 0 Å². The number of ether oxygens (including phenoxy) is 1. The van der Waals surface area contributed by atoms with E-state index in [1.54, 1.807) is 30.3 Å². The van der Waals surface area contributed by atoms with Crippen LogP contribution in [0.25, 0.3) is 0 Å². The minimum atomic E-state index is -1.14. The molecule has 214 valence electrons. The van der Waals surface area contributed by atoms with E-state index >= 15 is 0 Å². The van der Waals surface area contributed by atoms with Crippen LogP contribution in [-0.2, 0) is 19.7 Å². The number of aryl methyl sites for hydroxylation is 1. The molecule has 2 amide bonds. The molecule has 1 spiro atoms. The highest BCUT2D eigenvalue weighted by molar-refractivity contribution is 6.12. The van der Waals surface area contributed by atoms with E-state index in [0.717, 1.165) is 46.7 Å². The molecule has 3 unspecified atom stereocenters. The van der Waals surface area contributed by atoms with E-state index in [1.807, 2.05) is 20.8 Å². The SMILES string of the molecule is COC(=O)CC(Nc1c(C)[nH]c(C2C#CC23C(=O)Nc2ccc(C(=O)NC(C)c4ccc(F)cc4)cc23)c1C)=C1CC1. The Kier molecular flexibility index (Phi) is 6.65. The molecule has 0 radical (unpaired) electrons. The van der Waals surface area contributed by atoms with Gasteiger partial charge in [-0.2, -0.15) is 0 Å². The monoisotopic (exact) mass is 566 g/mol. The van der Waals surface area contributed by atoms with Gasteiger partial charge < -0.3 is 25.7 Å². The fourth-order valence-electron chi connectivity index (χ4n) is 5.81. The molecule has 42 heavy (non-hydrogen) atoms. The Balaban J connectivity index is 1.28. The number of nitrogens with one attached hydrogen (secondary N) is 4. The van der Waals surface area contributed by atoms with Gasteiger partial charge in [-0.25, -0.2) is 4.39 Å². The summed E-state index contributed by atoms with van der Waals surface area (Å²) in [6, 6.07) is 10.8. The predicted octanol–water partition coefficient (Wildman–Crippen LogP) is 5.28. The molecule has 9 heteroatoms. The van der Waals surface area contributed by atoms with Gasteiger partial charge in [0, 0.05) is 33.9 Å². The maximum absolute atomic E-state index is 13.5. The second-order valence-electron chi connectivity index (χ2n) is 11.1. The second kappa shape index (κ2) is 10.2. The van der Waals surface area contributed by atoms with Crippen molar-refractivity contribution in [1.82, 2.24) is 10.3 Å². The first-order chi connectivity index (χ1) is 20.1. The first kappa shape index (κ1) is 27.3. The number of H-pyrrole nitrogens is 1. The number of anilines is 2. The minimum absolute atomic E-state index is 0.165. The maximum Gasteiger partial charge on any atom is 0.311 e. The van der Waals surface area contributed by atoms with Crippen molar-refractivity contribution < 1.29 is 23.5 Å². The van der Waals surface area contributed by atoms with Gasteiger partial charge in [0.25, 0.3) is 5.91 Å². The van der Waals surface area contributed by atoms with Gasteiger partial charge in [-0.1, -0.05) is 24.0 Å². The van der Waals surface area contributed by atoms with E-state index in [-0.39, 0.29) is 36.1 Å². The number of benzene rings is 2. The van der Waals surface area contributed by atoms with Gasteiger partial charge in [-0.3, -0.25) is 14.4 Å². The number of rotatable bonds is 8. The van der Waals surface area contributed by atoms with Crippen molar-refractivity contribution >= 4 is 29.2 Å². The molecule has 2 heterocycles. The lowest BCUT2D eigenvalue weighted by Gasteiger charge is -2.34. The Labute approximate surface area is 243 Å². The van der Waals surface area contributed by atoms with Gasteiger partial charge in [-0.15, -0.1) is 0 Å². The summed E-state index contributed by atoms with van der Waals surface area (Å²) in [5.41, 5.74) is 6.82. The molecule has 1 aromatic heterocycles. The van der Waals surface area contributed by atoms with E-state index in [2.05, 4.69) is 32.8 Å². The molecule has 0 bridgehead atoms. The fourth-order valence-corrected chi connectivity index (χ4v) is 5.81. The van der Waals surface area contributed by atoms with Crippen LogP contribution in [0.4, 0.5) is 15.8 Å². The summed E-state index contributed by atoms with van der Waals surface area (Å²) in [5, 5.41) is 9.37. The molecule has 4 N–H and O–H groups in total. The first-order valence-electron chi connectivity index (χ1n) is 13.9. The zero-order chi connectivity index (χ0) is 29.8. The van der Waals surface area contributed by atoms with Crippen LogP contribution in [0.3, 0.4) is 0 Å². The highest BCUT2D eigenvalue weighted by atomic mass is 19.1. The van der Waals surface area contributed by atoms with Crippen LogP contribution in [-0.4, -0.2) is 29.9 Å². The Morgan fingerprint density at radius 2 is 1.90 bits per heavy atom. The van der Waals surface area contributed by atoms with Crippen LogP contribution in [0, 0.1) is 31.5 Å². The third kappa shape index (κ3) is 4.53. The van der Waals surface area contributed by atoms with E-state index in [1.165, 1.54) is 24.8 Å². The molecule has 2 aliphatic carbocycles. The van der Waals surface area contributed by atoms with Crippen LogP contribution in [0.2, 0.25) is 0 Å². The number of hydrogen-bond donors (Lipinski definition) is 4. The maximum atomic E-state index is 13.5. The molecule has 2 aromatic carbocycles. The topological polar surface area (TPSA) is 112 Å². The summed E-state index contributed by atoms with van der Waals surface area (Å²) < 4.78 is 18.2. The second-order valence-corrected chi connectivity index (χ2v) is 11.1. The van der Waals surface area contributed by atoms with Crippen LogP contribution in [0.15, 0.2) is 53.7 Å². The molecule has 1 aliphatic heterocycles.